The van der Waals surface area contributed by atoms with E-state index >= 15 is 0 Å². The van der Waals surface area contributed by atoms with Gasteiger partial charge < -0.3 is 24.8 Å². The summed E-state index contributed by atoms with van der Waals surface area (Å²) < 4.78 is 0. The van der Waals surface area contributed by atoms with E-state index in [1.54, 1.807) is 0 Å². The number of benzene rings is 4. The van der Waals surface area contributed by atoms with E-state index in [4.69, 9.17) is 0 Å². The zero-order valence-corrected chi connectivity index (χ0v) is 20.9. The fourth-order valence-electron chi connectivity index (χ4n) is 4.43. The maximum atomic E-state index is 2.41. The van der Waals surface area contributed by atoms with E-state index in [0.717, 1.165) is 6.42 Å². The van der Waals surface area contributed by atoms with Gasteiger partial charge in [-0.3, -0.25) is 0 Å². The predicted octanol–water partition coefficient (Wildman–Crippen LogP) is 1.88. The van der Waals surface area contributed by atoms with Crippen molar-refractivity contribution in [3.8, 4) is 11.1 Å². The van der Waals surface area contributed by atoms with Gasteiger partial charge in [-0.2, -0.15) is 0 Å². The molecule has 0 aliphatic carbocycles. The molecule has 0 nitrogen and oxygen atoms in total. The fraction of sp³-hybridized carbons (Fsp3) is 0.148. The summed E-state index contributed by atoms with van der Waals surface area (Å²) in [7, 11) is 0. The van der Waals surface area contributed by atoms with E-state index in [0.29, 0.717) is 0 Å². The van der Waals surface area contributed by atoms with Crippen molar-refractivity contribution in [1.82, 2.24) is 0 Å². The zero-order chi connectivity index (χ0) is 18.2. The van der Waals surface area contributed by atoms with Gasteiger partial charge in [0.1, 0.15) is 0 Å². The average Bonchev–Trinajstić information content (AvgIpc) is 3.09. The Morgan fingerprint density at radius 2 is 1.37 bits per heavy atom. The Morgan fingerprint density at radius 1 is 0.700 bits per heavy atom. The van der Waals surface area contributed by atoms with Crippen LogP contribution in [0.1, 0.15) is 25.3 Å². The first kappa shape index (κ1) is 24.7. The van der Waals surface area contributed by atoms with Crippen LogP contribution in [0.4, 0.5) is 0 Å². The van der Waals surface area contributed by atoms with Gasteiger partial charge in [0.15, 0.2) is 0 Å². The molecule has 0 aromatic heterocycles. The van der Waals surface area contributed by atoms with E-state index in [1.807, 2.05) is 0 Å². The molecule has 0 amide bonds. The molecule has 0 atom stereocenters. The Hall–Kier alpha value is -1.53. The minimum absolute atomic E-state index is 0. The zero-order valence-electron chi connectivity index (χ0n) is 17.0. The second-order valence-electron chi connectivity index (χ2n) is 7.43. The number of hydrogen-bond donors (Lipinski definition) is 0. The molecule has 0 unspecified atom stereocenters. The summed E-state index contributed by atoms with van der Waals surface area (Å²) in [6.07, 6.45) is 3.59. The molecule has 5 rings (SSSR count). The van der Waals surface area contributed by atoms with Crippen LogP contribution in [-0.4, -0.2) is 0 Å². The third-order valence-corrected chi connectivity index (χ3v) is 5.72. The maximum Gasteiger partial charge on any atom is 3.00 e. The first-order chi connectivity index (χ1) is 13.4. The maximum absolute atomic E-state index is 2.41. The van der Waals surface area contributed by atoms with Crippen LogP contribution in [-0.2, 0) is 32.6 Å². The van der Waals surface area contributed by atoms with Crippen molar-refractivity contribution in [2.45, 2.75) is 26.2 Å². The van der Waals surface area contributed by atoms with Crippen molar-refractivity contribution in [1.29, 1.82) is 0 Å². The number of rotatable bonds is 4. The van der Waals surface area contributed by atoms with Crippen LogP contribution in [0.5, 0.6) is 0 Å². The molecule has 0 heterocycles. The van der Waals surface area contributed by atoms with Crippen LogP contribution >= 0.6 is 0 Å². The third-order valence-electron chi connectivity index (χ3n) is 5.72. The summed E-state index contributed by atoms with van der Waals surface area (Å²) in [6, 6.07) is 31.3. The number of fused-ring (bicyclic) bond motifs is 4. The second-order valence-corrected chi connectivity index (χ2v) is 7.43. The molecule has 0 bridgehead atoms. The molecule has 1 radical (unpaired) electrons. The molecule has 0 saturated heterocycles. The SMILES string of the molecule is CCCCc1[cH-]c2ccccc2c1-c1cccc2ccc3ccccc3c12.[Cl-].[Cl-].[Zr+3]. The quantitative estimate of drug-likeness (QED) is 0.257. The Kier molecular flexibility index (Phi) is 8.80. The number of aryl methyl sites for hydroxylation is 1. The van der Waals surface area contributed by atoms with Crippen molar-refractivity contribution in [3.05, 3.63) is 90.5 Å². The molecule has 0 aliphatic rings. The average molecular weight is 510 g/mol. The molecule has 0 N–H and O–H groups in total. The third kappa shape index (κ3) is 4.26. The molecule has 149 valence electrons. The number of unbranched alkanes of at least 4 members (excludes halogenated alkanes) is 1. The first-order valence-electron chi connectivity index (χ1n) is 9.95. The first-order valence-corrected chi connectivity index (χ1v) is 9.95. The van der Waals surface area contributed by atoms with Crippen LogP contribution in [0.3, 0.4) is 0 Å². The Bertz CT molecular complexity index is 1270. The minimum atomic E-state index is 0. The van der Waals surface area contributed by atoms with Gasteiger partial charge in [0.05, 0.1) is 0 Å². The van der Waals surface area contributed by atoms with Crippen molar-refractivity contribution >= 4 is 32.3 Å². The molecule has 0 fully saturated rings. The smallest absolute Gasteiger partial charge is 1.00 e. The topological polar surface area (TPSA) is 0 Å². The van der Waals surface area contributed by atoms with Gasteiger partial charge in [0, 0.05) is 0 Å². The largest absolute Gasteiger partial charge is 3.00 e. The van der Waals surface area contributed by atoms with Gasteiger partial charge >= 0.3 is 26.2 Å². The number of halogens is 2. The molecule has 0 spiro atoms. The summed E-state index contributed by atoms with van der Waals surface area (Å²) >= 11 is 0. The summed E-state index contributed by atoms with van der Waals surface area (Å²) in [5.74, 6) is 0. The monoisotopic (exact) mass is 507 g/mol. The van der Waals surface area contributed by atoms with E-state index in [2.05, 4.69) is 91.9 Å². The molecule has 5 aromatic rings. The van der Waals surface area contributed by atoms with Crippen molar-refractivity contribution in [2.24, 2.45) is 0 Å². The van der Waals surface area contributed by atoms with Crippen LogP contribution in [0, 0.1) is 0 Å². The van der Waals surface area contributed by atoms with E-state index in [-0.39, 0.29) is 51.0 Å². The minimum Gasteiger partial charge on any atom is -1.00 e. The standard InChI is InChI=1S/C27H23.2ClH.Zr/c1-2-3-9-22-18-21-11-5-7-14-24(21)27(22)25-15-8-12-20-17-16-19-10-4-6-13-23(19)26(20)25;;;/h4-8,10-18H,2-3,9H2,1H3;2*1H;/q-1;;;+3/p-2. The normalized spacial score (nSPS) is 10.4. The van der Waals surface area contributed by atoms with E-state index in [9.17, 15) is 0 Å². The Balaban J connectivity index is 0.00000107. The van der Waals surface area contributed by atoms with Gasteiger partial charge in [-0.1, -0.05) is 86.0 Å². The predicted molar refractivity (Wildman–Crippen MR) is 119 cm³/mol. The molecule has 0 aliphatic heterocycles. The molecule has 30 heavy (non-hydrogen) atoms. The molecular weight excluding hydrogens is 486 g/mol. The van der Waals surface area contributed by atoms with E-state index in [1.165, 1.54) is 61.8 Å². The molecular formula is C27H23Cl2Zr. The summed E-state index contributed by atoms with van der Waals surface area (Å²) in [4.78, 5) is 0. The van der Waals surface area contributed by atoms with Crippen LogP contribution in [0.2, 0.25) is 0 Å². The van der Waals surface area contributed by atoms with Crippen LogP contribution in [0.15, 0.2) is 84.9 Å². The van der Waals surface area contributed by atoms with Gasteiger partial charge in [-0.05, 0) is 28.0 Å². The van der Waals surface area contributed by atoms with Crippen LogP contribution < -0.4 is 24.8 Å². The number of hydrogen-bond acceptors (Lipinski definition) is 0. The van der Waals surface area contributed by atoms with E-state index < -0.39 is 0 Å². The summed E-state index contributed by atoms with van der Waals surface area (Å²) in [5, 5.41) is 8.09. The molecule has 5 aromatic carbocycles. The van der Waals surface area contributed by atoms with Crippen LogP contribution in [0.25, 0.3) is 43.4 Å². The van der Waals surface area contributed by atoms with Gasteiger partial charge in [-0.15, -0.1) is 46.2 Å². The Labute approximate surface area is 210 Å². The Morgan fingerprint density at radius 3 is 2.17 bits per heavy atom. The fourth-order valence-corrected chi connectivity index (χ4v) is 4.43. The van der Waals surface area contributed by atoms with Crippen molar-refractivity contribution < 1.29 is 51.0 Å². The van der Waals surface area contributed by atoms with Gasteiger partial charge in [-0.25, -0.2) is 0 Å². The summed E-state index contributed by atoms with van der Waals surface area (Å²) in [5.41, 5.74) is 4.29. The second kappa shape index (κ2) is 10.7. The van der Waals surface area contributed by atoms with Gasteiger partial charge in [0.25, 0.3) is 0 Å². The molecule has 3 heteroatoms. The molecule has 0 saturated carbocycles. The van der Waals surface area contributed by atoms with Crippen molar-refractivity contribution in [2.75, 3.05) is 0 Å². The van der Waals surface area contributed by atoms with Crippen molar-refractivity contribution in [3.63, 3.8) is 0 Å². The summed E-state index contributed by atoms with van der Waals surface area (Å²) in [6.45, 7) is 2.27. The van der Waals surface area contributed by atoms with Gasteiger partial charge in [0.2, 0.25) is 0 Å².